The first-order valence-corrected chi connectivity index (χ1v) is 13.0. The largest absolute Gasteiger partial charge is 0.356 e. The van der Waals surface area contributed by atoms with Crippen molar-refractivity contribution in [2.24, 2.45) is 11.8 Å². The normalized spacial score (nSPS) is 28.0. The number of piperidine rings is 3. The van der Waals surface area contributed by atoms with Crippen LogP contribution in [-0.4, -0.2) is 55.4 Å². The smallest absolute Gasteiger partial charge is 0.294 e. The zero-order chi connectivity index (χ0) is 25.8. The van der Waals surface area contributed by atoms with E-state index in [1.807, 2.05) is 13.0 Å². The van der Waals surface area contributed by atoms with Crippen LogP contribution in [0.15, 0.2) is 29.2 Å². The molecule has 4 aliphatic rings. The van der Waals surface area contributed by atoms with Crippen LogP contribution in [0.4, 0.5) is 8.78 Å². The summed E-state index contributed by atoms with van der Waals surface area (Å²) in [4.78, 5) is 24.1. The second-order valence-electron chi connectivity index (χ2n) is 9.33. The molecular formula is C23H30F2N4O5S. The Morgan fingerprint density at radius 1 is 1.29 bits per heavy atom. The summed E-state index contributed by atoms with van der Waals surface area (Å²) in [5.41, 5.74) is 0.956. The highest BCUT2D eigenvalue weighted by atomic mass is 32.2. The SMILES string of the molecule is Cc1ccc(S(=O)(=O)O)cc1.N#C[C@H](C[C@@H]1CCCNC1=O)NC(=O)[C@H]1N[C@H]2CC[C@@H]1C(F)(F)C2. The summed E-state index contributed by atoms with van der Waals surface area (Å²) in [5, 5.41) is 17.5. The van der Waals surface area contributed by atoms with Gasteiger partial charge in [0.25, 0.3) is 16.0 Å². The van der Waals surface area contributed by atoms with Crippen molar-refractivity contribution in [2.45, 2.75) is 74.4 Å². The average molecular weight is 513 g/mol. The maximum Gasteiger partial charge on any atom is 0.294 e. The molecule has 1 saturated carbocycles. The molecule has 0 aromatic heterocycles. The minimum absolute atomic E-state index is 0.0666. The van der Waals surface area contributed by atoms with Gasteiger partial charge in [-0.25, -0.2) is 8.78 Å². The van der Waals surface area contributed by atoms with Crippen molar-refractivity contribution in [1.29, 1.82) is 5.26 Å². The molecule has 4 fully saturated rings. The molecule has 1 aromatic carbocycles. The van der Waals surface area contributed by atoms with Crippen molar-refractivity contribution in [3.63, 3.8) is 0 Å². The van der Waals surface area contributed by atoms with Crippen LogP contribution in [0.3, 0.4) is 0 Å². The molecule has 12 heteroatoms. The van der Waals surface area contributed by atoms with Crippen LogP contribution < -0.4 is 16.0 Å². The second-order valence-corrected chi connectivity index (χ2v) is 10.8. The molecule has 3 heterocycles. The monoisotopic (exact) mass is 512 g/mol. The molecule has 5 atom stereocenters. The first-order chi connectivity index (χ1) is 16.4. The van der Waals surface area contributed by atoms with Crippen LogP contribution in [0.1, 0.15) is 44.1 Å². The molecule has 35 heavy (non-hydrogen) atoms. The van der Waals surface area contributed by atoms with Gasteiger partial charge in [0.1, 0.15) is 6.04 Å². The van der Waals surface area contributed by atoms with Gasteiger partial charge in [0.15, 0.2) is 0 Å². The number of nitrogens with one attached hydrogen (secondary N) is 3. The van der Waals surface area contributed by atoms with Gasteiger partial charge < -0.3 is 16.0 Å². The Kier molecular flexibility index (Phi) is 8.46. The summed E-state index contributed by atoms with van der Waals surface area (Å²) < 4.78 is 57.6. The molecule has 3 saturated heterocycles. The molecule has 3 aliphatic heterocycles. The topological polar surface area (TPSA) is 148 Å². The summed E-state index contributed by atoms with van der Waals surface area (Å²) in [7, 11) is -4.02. The van der Waals surface area contributed by atoms with Gasteiger partial charge in [-0.3, -0.25) is 14.1 Å². The minimum Gasteiger partial charge on any atom is -0.356 e. The van der Waals surface area contributed by atoms with Gasteiger partial charge >= 0.3 is 0 Å². The molecule has 0 radical (unpaired) electrons. The minimum atomic E-state index is -4.02. The zero-order valence-electron chi connectivity index (χ0n) is 19.3. The number of amides is 2. The van der Waals surface area contributed by atoms with Gasteiger partial charge in [-0.1, -0.05) is 17.7 Å². The van der Waals surface area contributed by atoms with E-state index in [0.29, 0.717) is 25.8 Å². The van der Waals surface area contributed by atoms with Crippen molar-refractivity contribution in [1.82, 2.24) is 16.0 Å². The molecule has 0 spiro atoms. The lowest BCUT2D eigenvalue weighted by atomic mass is 9.73. The fourth-order valence-electron chi connectivity index (χ4n) is 4.82. The van der Waals surface area contributed by atoms with Crippen molar-refractivity contribution in [3.8, 4) is 6.07 Å². The number of fused-ring (bicyclic) bond motifs is 3. The molecule has 9 nitrogen and oxygen atoms in total. The second kappa shape index (κ2) is 11.0. The van der Waals surface area contributed by atoms with Crippen LogP contribution in [0, 0.1) is 30.1 Å². The maximum atomic E-state index is 14.0. The van der Waals surface area contributed by atoms with E-state index in [1.165, 1.54) is 12.1 Å². The quantitative estimate of drug-likeness (QED) is 0.441. The molecule has 2 amide bonds. The summed E-state index contributed by atoms with van der Waals surface area (Å²) >= 11 is 0. The first-order valence-electron chi connectivity index (χ1n) is 11.6. The summed E-state index contributed by atoms with van der Waals surface area (Å²) in [5.74, 6) is -4.87. The molecule has 4 N–H and O–H groups in total. The van der Waals surface area contributed by atoms with Crippen LogP contribution >= 0.6 is 0 Å². The molecule has 1 aliphatic carbocycles. The summed E-state index contributed by atoms with van der Waals surface area (Å²) in [6.45, 7) is 2.47. The standard InChI is InChI=1S/C16H22F2N4O2.C7H8O3S/c17-16(18)7-10-3-4-12(16)13(21-10)15(24)22-11(8-19)6-9-2-1-5-20-14(9)23;1-6-2-4-7(5-3-6)11(8,9)10/h9-13,21H,1-7H2,(H,20,23)(H,22,24);2-5H,1H3,(H,8,9,10)/t9-,10-,11-,12-,13-;/m0./s1. The van der Waals surface area contributed by atoms with E-state index in [-0.39, 0.29) is 35.6 Å². The third-order valence-corrected chi connectivity index (χ3v) is 7.57. The first kappa shape index (κ1) is 27.0. The van der Waals surface area contributed by atoms with Crippen molar-refractivity contribution in [2.75, 3.05) is 6.54 Å². The van der Waals surface area contributed by atoms with Gasteiger partial charge in [-0.15, -0.1) is 0 Å². The average Bonchev–Trinajstić information content (AvgIpc) is 2.79. The Labute approximate surface area is 203 Å². The fourth-order valence-corrected chi connectivity index (χ4v) is 5.30. The van der Waals surface area contributed by atoms with Crippen molar-refractivity contribution >= 4 is 21.9 Å². The molecular weight excluding hydrogens is 482 g/mol. The number of nitriles is 1. The summed E-state index contributed by atoms with van der Waals surface area (Å²) in [6, 6.07) is 5.79. The highest BCUT2D eigenvalue weighted by molar-refractivity contribution is 7.85. The van der Waals surface area contributed by atoms with Crippen molar-refractivity contribution < 1.29 is 31.3 Å². The van der Waals surface area contributed by atoms with E-state index in [0.717, 1.165) is 12.0 Å². The Balaban J connectivity index is 0.000000261. The third kappa shape index (κ3) is 6.96. The Hall–Kier alpha value is -2.62. The van der Waals surface area contributed by atoms with Gasteiger partial charge in [0, 0.05) is 30.8 Å². The number of nitrogens with zero attached hydrogens (tertiary/aromatic N) is 1. The van der Waals surface area contributed by atoms with Crippen LogP contribution in [0.2, 0.25) is 0 Å². The predicted octanol–water partition coefficient (Wildman–Crippen LogP) is 1.93. The van der Waals surface area contributed by atoms with Crippen molar-refractivity contribution in [3.05, 3.63) is 29.8 Å². The number of alkyl halides is 2. The van der Waals surface area contributed by atoms with Gasteiger partial charge in [0.05, 0.1) is 17.0 Å². The van der Waals surface area contributed by atoms with E-state index in [9.17, 15) is 32.0 Å². The number of halogens is 2. The van der Waals surface area contributed by atoms with E-state index < -0.39 is 39.9 Å². The Morgan fingerprint density at radius 2 is 1.97 bits per heavy atom. The molecule has 2 bridgehead atoms. The zero-order valence-corrected chi connectivity index (χ0v) is 20.2. The Morgan fingerprint density at radius 3 is 2.51 bits per heavy atom. The van der Waals surface area contributed by atoms with E-state index in [2.05, 4.69) is 16.0 Å². The maximum absolute atomic E-state index is 14.0. The molecule has 192 valence electrons. The number of hydrogen-bond acceptors (Lipinski definition) is 6. The number of hydrogen-bond donors (Lipinski definition) is 4. The fraction of sp³-hybridized carbons (Fsp3) is 0.609. The highest BCUT2D eigenvalue weighted by Gasteiger charge is 2.55. The van der Waals surface area contributed by atoms with Crippen LogP contribution in [-0.2, 0) is 19.7 Å². The van der Waals surface area contributed by atoms with Crippen LogP contribution in [0.25, 0.3) is 0 Å². The van der Waals surface area contributed by atoms with E-state index >= 15 is 0 Å². The molecule has 0 unspecified atom stereocenters. The number of rotatable bonds is 5. The van der Waals surface area contributed by atoms with Gasteiger partial charge in [-0.05, 0) is 51.2 Å². The lowest BCUT2D eigenvalue weighted by Gasteiger charge is -2.47. The van der Waals surface area contributed by atoms with Gasteiger partial charge in [0.2, 0.25) is 11.8 Å². The number of carbonyl (C=O) groups excluding carboxylic acids is 2. The molecule has 5 rings (SSSR count). The Bertz CT molecular complexity index is 1070. The van der Waals surface area contributed by atoms with Gasteiger partial charge in [-0.2, -0.15) is 13.7 Å². The number of carbonyl (C=O) groups is 2. The lowest BCUT2D eigenvalue weighted by Crippen LogP contribution is -2.66. The molecule has 1 aromatic rings. The number of aryl methyl sites for hydroxylation is 1. The van der Waals surface area contributed by atoms with E-state index in [1.54, 1.807) is 12.1 Å². The highest BCUT2D eigenvalue weighted by Crippen LogP contribution is 2.44. The number of benzene rings is 1. The predicted molar refractivity (Wildman–Crippen MR) is 122 cm³/mol. The van der Waals surface area contributed by atoms with E-state index in [4.69, 9.17) is 4.55 Å². The summed E-state index contributed by atoms with van der Waals surface area (Å²) in [6.07, 6.45) is 2.45. The van der Waals surface area contributed by atoms with Crippen LogP contribution in [0.5, 0.6) is 0 Å². The lowest BCUT2D eigenvalue weighted by molar-refractivity contribution is -0.154. The third-order valence-electron chi connectivity index (χ3n) is 6.70.